The highest BCUT2D eigenvalue weighted by Gasteiger charge is 2.03. The lowest BCUT2D eigenvalue weighted by atomic mass is 10.1. The lowest BCUT2D eigenvalue weighted by molar-refractivity contribution is 0.475. The van der Waals surface area contributed by atoms with Gasteiger partial charge in [-0.1, -0.05) is 19.1 Å². The van der Waals surface area contributed by atoms with Gasteiger partial charge in [0.15, 0.2) is 0 Å². The summed E-state index contributed by atoms with van der Waals surface area (Å²) >= 11 is 0. The highest BCUT2D eigenvalue weighted by Crippen LogP contribution is 2.20. The van der Waals surface area contributed by atoms with Crippen LogP contribution in [-0.2, 0) is 6.54 Å². The van der Waals surface area contributed by atoms with Crippen LogP contribution in [0.15, 0.2) is 41.2 Å². The van der Waals surface area contributed by atoms with Gasteiger partial charge in [0.2, 0.25) is 0 Å². The van der Waals surface area contributed by atoms with Gasteiger partial charge < -0.3 is 5.11 Å². The number of aromatic nitrogens is 2. The van der Waals surface area contributed by atoms with E-state index in [0.717, 1.165) is 12.0 Å². The molecule has 0 unspecified atom stereocenters. The number of hydrogen-bond donors (Lipinski definition) is 1. The first-order valence-corrected chi connectivity index (χ1v) is 5.58. The summed E-state index contributed by atoms with van der Waals surface area (Å²) in [6.07, 6.45) is 0.858. The lowest BCUT2D eigenvalue weighted by Gasteiger charge is -2.05. The molecular formula is C13H14N2O2. The third-order valence-electron chi connectivity index (χ3n) is 2.44. The Morgan fingerprint density at radius 2 is 2.12 bits per heavy atom. The van der Waals surface area contributed by atoms with Crippen LogP contribution in [0.1, 0.15) is 13.3 Å². The van der Waals surface area contributed by atoms with Crippen molar-refractivity contribution < 1.29 is 5.11 Å². The molecule has 0 amide bonds. The van der Waals surface area contributed by atoms with Crippen LogP contribution < -0.4 is 5.56 Å². The number of benzene rings is 1. The second-order valence-electron chi connectivity index (χ2n) is 3.83. The maximum atomic E-state index is 11.5. The van der Waals surface area contributed by atoms with Crippen LogP contribution in [0, 0.1) is 0 Å². The quantitative estimate of drug-likeness (QED) is 0.877. The zero-order chi connectivity index (χ0) is 12.3. The average Bonchev–Trinajstić information content (AvgIpc) is 2.32. The van der Waals surface area contributed by atoms with E-state index in [0.29, 0.717) is 12.2 Å². The Bertz CT molecular complexity index is 576. The van der Waals surface area contributed by atoms with E-state index in [1.54, 1.807) is 24.3 Å². The molecule has 0 saturated carbocycles. The molecule has 4 nitrogen and oxygen atoms in total. The summed E-state index contributed by atoms with van der Waals surface area (Å²) in [6, 6.07) is 10.0. The van der Waals surface area contributed by atoms with Gasteiger partial charge >= 0.3 is 0 Å². The molecule has 0 atom stereocenters. The highest BCUT2D eigenvalue weighted by molar-refractivity contribution is 5.60. The molecule has 0 aliphatic heterocycles. The number of aryl methyl sites for hydroxylation is 1. The second kappa shape index (κ2) is 4.82. The number of rotatable bonds is 3. The van der Waals surface area contributed by atoms with Crippen molar-refractivity contribution in [2.24, 2.45) is 0 Å². The van der Waals surface area contributed by atoms with Crippen LogP contribution >= 0.6 is 0 Å². The van der Waals surface area contributed by atoms with E-state index in [4.69, 9.17) is 0 Å². The molecule has 0 aliphatic rings. The van der Waals surface area contributed by atoms with Crippen molar-refractivity contribution in [3.05, 3.63) is 46.8 Å². The fourth-order valence-corrected chi connectivity index (χ4v) is 1.64. The molecule has 0 saturated heterocycles. The van der Waals surface area contributed by atoms with E-state index in [2.05, 4.69) is 5.10 Å². The first kappa shape index (κ1) is 11.4. The predicted molar refractivity (Wildman–Crippen MR) is 65.9 cm³/mol. The number of phenols is 1. The van der Waals surface area contributed by atoms with Gasteiger partial charge in [0.05, 0.1) is 5.69 Å². The molecule has 2 rings (SSSR count). The van der Waals surface area contributed by atoms with Crippen molar-refractivity contribution >= 4 is 0 Å². The zero-order valence-electron chi connectivity index (χ0n) is 9.63. The highest BCUT2D eigenvalue weighted by atomic mass is 16.3. The van der Waals surface area contributed by atoms with Crippen molar-refractivity contribution in [3.8, 4) is 17.0 Å². The van der Waals surface area contributed by atoms with Crippen molar-refractivity contribution in [3.63, 3.8) is 0 Å². The number of phenolic OH excluding ortho intramolecular Hbond substituents is 1. The number of hydrogen-bond acceptors (Lipinski definition) is 3. The minimum atomic E-state index is -0.101. The Balaban J connectivity index is 2.46. The molecular weight excluding hydrogens is 216 g/mol. The summed E-state index contributed by atoms with van der Waals surface area (Å²) in [5, 5.41) is 13.7. The SMILES string of the molecule is CCCn1nc(-c2cccc(O)c2)ccc1=O. The Hall–Kier alpha value is -2.10. The molecule has 0 fully saturated rings. The Kier molecular flexibility index (Phi) is 3.23. The Morgan fingerprint density at radius 3 is 2.82 bits per heavy atom. The van der Waals surface area contributed by atoms with Gasteiger partial charge in [0, 0.05) is 18.2 Å². The Labute approximate surface area is 99.2 Å². The first-order chi connectivity index (χ1) is 8.20. The standard InChI is InChI=1S/C13H14N2O2/c1-2-8-15-13(17)7-6-12(14-15)10-4-3-5-11(16)9-10/h3-7,9,16H,2,8H2,1H3. The van der Waals surface area contributed by atoms with E-state index in [-0.39, 0.29) is 11.3 Å². The topological polar surface area (TPSA) is 55.1 Å². The van der Waals surface area contributed by atoms with Gasteiger partial charge in [-0.2, -0.15) is 5.10 Å². The average molecular weight is 230 g/mol. The zero-order valence-corrected chi connectivity index (χ0v) is 9.63. The summed E-state index contributed by atoms with van der Waals surface area (Å²) in [4.78, 5) is 11.5. The number of aromatic hydroxyl groups is 1. The Morgan fingerprint density at radius 1 is 1.29 bits per heavy atom. The monoisotopic (exact) mass is 230 g/mol. The second-order valence-corrected chi connectivity index (χ2v) is 3.83. The molecule has 88 valence electrons. The van der Waals surface area contributed by atoms with E-state index >= 15 is 0 Å². The molecule has 1 aromatic heterocycles. The number of nitrogens with zero attached hydrogens (tertiary/aromatic N) is 2. The van der Waals surface area contributed by atoms with E-state index < -0.39 is 0 Å². The minimum absolute atomic E-state index is 0.101. The largest absolute Gasteiger partial charge is 0.508 e. The molecule has 1 heterocycles. The van der Waals surface area contributed by atoms with Crippen LogP contribution in [0.25, 0.3) is 11.3 Å². The maximum absolute atomic E-state index is 11.5. The molecule has 2 aromatic rings. The van der Waals surface area contributed by atoms with Crippen LogP contribution in [0.3, 0.4) is 0 Å². The van der Waals surface area contributed by atoms with Gasteiger partial charge in [0.25, 0.3) is 5.56 Å². The van der Waals surface area contributed by atoms with Crippen LogP contribution in [0.5, 0.6) is 5.75 Å². The van der Waals surface area contributed by atoms with Crippen LogP contribution in [0.2, 0.25) is 0 Å². The maximum Gasteiger partial charge on any atom is 0.266 e. The fourth-order valence-electron chi connectivity index (χ4n) is 1.64. The van der Waals surface area contributed by atoms with Crippen molar-refractivity contribution in [1.82, 2.24) is 9.78 Å². The summed E-state index contributed by atoms with van der Waals surface area (Å²) in [5.74, 6) is 0.192. The van der Waals surface area contributed by atoms with Crippen molar-refractivity contribution in [2.45, 2.75) is 19.9 Å². The first-order valence-electron chi connectivity index (χ1n) is 5.58. The summed E-state index contributed by atoms with van der Waals surface area (Å²) in [7, 11) is 0. The summed E-state index contributed by atoms with van der Waals surface area (Å²) in [6.45, 7) is 2.60. The third-order valence-corrected chi connectivity index (χ3v) is 2.44. The van der Waals surface area contributed by atoms with Gasteiger partial charge in [-0.25, -0.2) is 4.68 Å². The predicted octanol–water partition coefficient (Wildman–Crippen LogP) is 2.03. The van der Waals surface area contributed by atoms with Crippen LogP contribution in [0.4, 0.5) is 0 Å². The van der Waals surface area contributed by atoms with Gasteiger partial charge in [0.1, 0.15) is 5.75 Å². The molecule has 4 heteroatoms. The normalized spacial score (nSPS) is 10.4. The molecule has 17 heavy (non-hydrogen) atoms. The third kappa shape index (κ3) is 2.53. The van der Waals surface area contributed by atoms with Gasteiger partial charge in [-0.3, -0.25) is 4.79 Å². The molecule has 0 spiro atoms. The van der Waals surface area contributed by atoms with E-state index in [1.165, 1.54) is 10.7 Å². The van der Waals surface area contributed by atoms with Crippen molar-refractivity contribution in [1.29, 1.82) is 0 Å². The summed E-state index contributed by atoms with van der Waals surface area (Å²) < 4.78 is 1.44. The van der Waals surface area contributed by atoms with Gasteiger partial charge in [-0.15, -0.1) is 0 Å². The molecule has 0 radical (unpaired) electrons. The van der Waals surface area contributed by atoms with Crippen LogP contribution in [-0.4, -0.2) is 14.9 Å². The van der Waals surface area contributed by atoms with Gasteiger partial charge in [-0.05, 0) is 24.6 Å². The minimum Gasteiger partial charge on any atom is -0.508 e. The van der Waals surface area contributed by atoms with Crippen molar-refractivity contribution in [2.75, 3.05) is 0 Å². The molecule has 0 aliphatic carbocycles. The molecule has 1 aromatic carbocycles. The van der Waals surface area contributed by atoms with E-state index in [9.17, 15) is 9.90 Å². The molecule has 0 bridgehead atoms. The fraction of sp³-hybridized carbons (Fsp3) is 0.231. The lowest BCUT2D eigenvalue weighted by Crippen LogP contribution is -2.21. The smallest absolute Gasteiger partial charge is 0.266 e. The summed E-state index contributed by atoms with van der Waals surface area (Å²) in [5.41, 5.74) is 1.39. The van der Waals surface area contributed by atoms with E-state index in [1.807, 2.05) is 13.0 Å². The molecule has 1 N–H and O–H groups in total.